The van der Waals surface area contributed by atoms with E-state index in [1.54, 1.807) is 0 Å². The normalized spacial score (nSPS) is 27.1. The van der Waals surface area contributed by atoms with Crippen molar-refractivity contribution in [3.63, 3.8) is 0 Å². The van der Waals surface area contributed by atoms with Gasteiger partial charge in [-0.15, -0.1) is 11.3 Å². The van der Waals surface area contributed by atoms with Crippen molar-refractivity contribution in [3.8, 4) is 0 Å². The maximum absolute atomic E-state index is 3.60. The number of thiophene rings is 1. The molecule has 78 valence electrons. The summed E-state index contributed by atoms with van der Waals surface area (Å²) >= 11 is 5.49. The molecule has 0 bridgehead atoms. The van der Waals surface area contributed by atoms with Crippen LogP contribution >= 0.6 is 27.3 Å². The molecule has 1 unspecified atom stereocenters. The van der Waals surface area contributed by atoms with Gasteiger partial charge in [0.25, 0.3) is 0 Å². The third-order valence-corrected chi connectivity index (χ3v) is 5.07. The zero-order chi connectivity index (χ0) is 10.2. The Balaban J connectivity index is 2.10. The Kier molecular flexibility index (Phi) is 3.01. The third-order valence-electron chi connectivity index (χ3n) is 2.93. The van der Waals surface area contributed by atoms with Crippen LogP contribution < -0.4 is 5.32 Å². The molecule has 1 nitrogen and oxygen atoms in total. The van der Waals surface area contributed by atoms with Gasteiger partial charge < -0.3 is 5.32 Å². The van der Waals surface area contributed by atoms with Gasteiger partial charge in [0.15, 0.2) is 0 Å². The van der Waals surface area contributed by atoms with Gasteiger partial charge in [-0.05, 0) is 61.7 Å². The van der Waals surface area contributed by atoms with E-state index in [4.69, 9.17) is 0 Å². The number of aryl methyl sites for hydroxylation is 1. The molecule has 14 heavy (non-hydrogen) atoms. The summed E-state index contributed by atoms with van der Waals surface area (Å²) in [5, 5.41) is 3.60. The van der Waals surface area contributed by atoms with Gasteiger partial charge in [-0.1, -0.05) is 0 Å². The molecule has 3 heteroatoms. The van der Waals surface area contributed by atoms with Crippen molar-refractivity contribution in [2.45, 2.75) is 38.6 Å². The summed E-state index contributed by atoms with van der Waals surface area (Å²) in [5.74, 6) is 0. The lowest BCUT2D eigenvalue weighted by molar-refractivity contribution is 0.415. The topological polar surface area (TPSA) is 12.0 Å². The van der Waals surface area contributed by atoms with Crippen LogP contribution in [0.4, 0.5) is 0 Å². The van der Waals surface area contributed by atoms with Crippen LogP contribution in [0.25, 0.3) is 0 Å². The molecule has 1 atom stereocenters. The highest BCUT2D eigenvalue weighted by molar-refractivity contribution is 9.10. The molecule has 2 heterocycles. The highest BCUT2D eigenvalue weighted by Crippen LogP contribution is 2.31. The average Bonchev–Trinajstić information content (AvgIpc) is 2.62. The van der Waals surface area contributed by atoms with Gasteiger partial charge in [-0.2, -0.15) is 0 Å². The van der Waals surface area contributed by atoms with Gasteiger partial charge in [-0.3, -0.25) is 0 Å². The summed E-state index contributed by atoms with van der Waals surface area (Å²) < 4.78 is 1.26. The highest BCUT2D eigenvalue weighted by atomic mass is 79.9. The van der Waals surface area contributed by atoms with Crippen molar-refractivity contribution in [3.05, 3.63) is 20.3 Å². The molecule has 1 fully saturated rings. The fourth-order valence-corrected chi connectivity index (χ4v) is 3.89. The highest BCUT2D eigenvalue weighted by Gasteiger charge is 2.28. The standard InChI is InChI=1S/C11H16BrNS/c1-8-10(12)6-9(14-8)7-11(2)4-3-5-13-11/h6,13H,3-5,7H2,1-2H3. The molecule has 1 saturated heterocycles. The van der Waals surface area contributed by atoms with Crippen molar-refractivity contribution in [1.82, 2.24) is 5.32 Å². The van der Waals surface area contributed by atoms with Gasteiger partial charge >= 0.3 is 0 Å². The molecule has 1 aliphatic heterocycles. The molecule has 0 aromatic carbocycles. The first kappa shape index (κ1) is 10.7. The van der Waals surface area contributed by atoms with Gasteiger partial charge in [0, 0.05) is 19.8 Å². The second-order valence-corrected chi connectivity index (χ2v) is 6.58. The lowest BCUT2D eigenvalue weighted by Gasteiger charge is -2.23. The molecule has 0 saturated carbocycles. The number of halogens is 1. The van der Waals surface area contributed by atoms with E-state index in [0.717, 1.165) is 0 Å². The quantitative estimate of drug-likeness (QED) is 0.870. The number of hydrogen-bond donors (Lipinski definition) is 1. The second kappa shape index (κ2) is 3.95. The third kappa shape index (κ3) is 2.20. The summed E-state index contributed by atoms with van der Waals surface area (Å²) in [6.07, 6.45) is 3.80. The Bertz CT molecular complexity index is 307. The molecular weight excluding hydrogens is 258 g/mol. The van der Waals surface area contributed by atoms with E-state index >= 15 is 0 Å². The zero-order valence-electron chi connectivity index (χ0n) is 8.69. The van der Waals surface area contributed by atoms with Crippen LogP contribution in [0.3, 0.4) is 0 Å². The fraction of sp³-hybridized carbons (Fsp3) is 0.636. The van der Waals surface area contributed by atoms with E-state index in [0.29, 0.717) is 5.54 Å². The first-order valence-electron chi connectivity index (χ1n) is 5.09. The molecular formula is C11H16BrNS. The molecule has 2 rings (SSSR count). The maximum Gasteiger partial charge on any atom is 0.0314 e. The molecule has 1 aromatic rings. The minimum absolute atomic E-state index is 0.344. The summed E-state index contributed by atoms with van der Waals surface area (Å²) in [4.78, 5) is 2.88. The van der Waals surface area contributed by atoms with Crippen LogP contribution in [0.2, 0.25) is 0 Å². The smallest absolute Gasteiger partial charge is 0.0314 e. The summed E-state index contributed by atoms with van der Waals surface area (Å²) in [5.41, 5.74) is 0.344. The van der Waals surface area contributed by atoms with Crippen LogP contribution in [0.15, 0.2) is 10.5 Å². The van der Waals surface area contributed by atoms with Gasteiger partial charge in [0.2, 0.25) is 0 Å². The number of hydrogen-bond acceptors (Lipinski definition) is 2. The molecule has 0 spiro atoms. The van der Waals surface area contributed by atoms with Crippen LogP contribution in [0, 0.1) is 6.92 Å². The molecule has 1 N–H and O–H groups in total. The van der Waals surface area contributed by atoms with Gasteiger partial charge in [0.05, 0.1) is 0 Å². The minimum atomic E-state index is 0.344. The fourth-order valence-electron chi connectivity index (χ4n) is 2.10. The predicted molar refractivity (Wildman–Crippen MR) is 66.1 cm³/mol. The van der Waals surface area contributed by atoms with Crippen LogP contribution in [0.5, 0.6) is 0 Å². The second-order valence-electron chi connectivity index (χ2n) is 4.38. The summed E-state index contributed by atoms with van der Waals surface area (Å²) in [6, 6.07) is 2.27. The molecule has 0 radical (unpaired) electrons. The lowest BCUT2D eigenvalue weighted by Crippen LogP contribution is -2.38. The largest absolute Gasteiger partial charge is 0.311 e. The Hall–Kier alpha value is 0.140. The molecule has 0 amide bonds. The van der Waals surface area contributed by atoms with Crippen LogP contribution in [0.1, 0.15) is 29.5 Å². The summed E-state index contributed by atoms with van der Waals surface area (Å²) in [7, 11) is 0. The van der Waals surface area contributed by atoms with Crippen molar-refractivity contribution in [1.29, 1.82) is 0 Å². The number of nitrogens with one attached hydrogen (secondary N) is 1. The SMILES string of the molecule is Cc1sc(CC2(C)CCCN2)cc1Br. The van der Waals surface area contributed by atoms with Crippen molar-refractivity contribution in [2.24, 2.45) is 0 Å². The van der Waals surface area contributed by atoms with Gasteiger partial charge in [0.1, 0.15) is 0 Å². The molecule has 1 aromatic heterocycles. The first-order chi connectivity index (χ1) is 6.59. The van der Waals surface area contributed by atoms with Crippen LogP contribution in [-0.4, -0.2) is 12.1 Å². The van der Waals surface area contributed by atoms with Crippen molar-refractivity contribution < 1.29 is 0 Å². The Morgan fingerprint density at radius 1 is 1.64 bits per heavy atom. The van der Waals surface area contributed by atoms with Crippen LogP contribution in [-0.2, 0) is 6.42 Å². The van der Waals surface area contributed by atoms with E-state index in [2.05, 4.69) is 41.2 Å². The molecule has 0 aliphatic carbocycles. The van der Waals surface area contributed by atoms with E-state index in [9.17, 15) is 0 Å². The van der Waals surface area contributed by atoms with E-state index in [1.807, 2.05) is 11.3 Å². The predicted octanol–water partition coefficient (Wildman–Crippen LogP) is 3.50. The maximum atomic E-state index is 3.60. The van der Waals surface area contributed by atoms with E-state index in [1.165, 1.54) is 40.0 Å². The lowest BCUT2D eigenvalue weighted by atomic mass is 9.95. The van der Waals surface area contributed by atoms with E-state index in [-0.39, 0.29) is 0 Å². The average molecular weight is 274 g/mol. The Morgan fingerprint density at radius 3 is 2.93 bits per heavy atom. The van der Waals surface area contributed by atoms with Crippen molar-refractivity contribution >= 4 is 27.3 Å². The number of rotatable bonds is 2. The van der Waals surface area contributed by atoms with Gasteiger partial charge in [-0.25, -0.2) is 0 Å². The molecule has 1 aliphatic rings. The minimum Gasteiger partial charge on any atom is -0.311 e. The van der Waals surface area contributed by atoms with Crippen molar-refractivity contribution in [2.75, 3.05) is 6.54 Å². The zero-order valence-corrected chi connectivity index (χ0v) is 11.1. The summed E-state index contributed by atoms with van der Waals surface area (Å²) in [6.45, 7) is 5.69. The monoisotopic (exact) mass is 273 g/mol. The first-order valence-corrected chi connectivity index (χ1v) is 6.70. The Labute approximate surface area is 98.0 Å². The Morgan fingerprint density at radius 2 is 2.43 bits per heavy atom. The van der Waals surface area contributed by atoms with E-state index < -0.39 is 0 Å².